The summed E-state index contributed by atoms with van der Waals surface area (Å²) in [6.07, 6.45) is 6.58. The smallest absolute Gasteiger partial charge is 0.0475 e. The number of nitrogens with zero attached hydrogens (tertiary/aromatic N) is 1. The largest absolute Gasteiger partial charge is 0.345 e. The first-order valence-electron chi connectivity index (χ1n) is 9.93. The molecule has 0 aliphatic heterocycles. The molecule has 0 spiro atoms. The highest BCUT2D eigenvalue weighted by Gasteiger charge is 2.15. The second kappa shape index (κ2) is 10.5. The Hall–Kier alpha value is -2.80. The lowest BCUT2D eigenvalue weighted by atomic mass is 10.00. The van der Waals surface area contributed by atoms with Crippen LogP contribution < -0.4 is 0 Å². The van der Waals surface area contributed by atoms with Gasteiger partial charge in [0.05, 0.1) is 0 Å². The van der Waals surface area contributed by atoms with E-state index in [4.69, 9.17) is 0 Å². The molecule has 0 radical (unpaired) electrons. The summed E-state index contributed by atoms with van der Waals surface area (Å²) < 4.78 is 0. The Morgan fingerprint density at radius 1 is 1.00 bits per heavy atom. The minimum atomic E-state index is 0.516. The molecule has 0 aromatic heterocycles. The van der Waals surface area contributed by atoms with Gasteiger partial charge in [0.1, 0.15) is 0 Å². The summed E-state index contributed by atoms with van der Waals surface area (Å²) in [6.45, 7) is 21.7. The van der Waals surface area contributed by atoms with E-state index in [1.165, 1.54) is 16.7 Å². The van der Waals surface area contributed by atoms with Crippen LogP contribution in [0.2, 0.25) is 0 Å². The van der Waals surface area contributed by atoms with Gasteiger partial charge in [-0.3, -0.25) is 0 Å². The molecule has 146 valence electrons. The molecule has 0 fully saturated rings. The highest BCUT2D eigenvalue weighted by Crippen LogP contribution is 2.25. The maximum atomic E-state index is 4.41. The zero-order valence-corrected chi connectivity index (χ0v) is 17.5. The molecule has 0 saturated carbocycles. The predicted molar refractivity (Wildman–Crippen MR) is 124 cm³/mol. The van der Waals surface area contributed by atoms with Crippen molar-refractivity contribution < 1.29 is 0 Å². The third-order valence-electron chi connectivity index (χ3n) is 4.97. The average molecular weight is 372 g/mol. The summed E-state index contributed by atoms with van der Waals surface area (Å²) in [4.78, 5) is 2.28. The summed E-state index contributed by atoms with van der Waals surface area (Å²) in [5.41, 5.74) is 7.09. The second-order valence-corrected chi connectivity index (χ2v) is 7.66. The van der Waals surface area contributed by atoms with Gasteiger partial charge in [-0.25, -0.2) is 0 Å². The Kier molecular flexibility index (Phi) is 8.07. The fraction of sp³-hybridized carbons (Fsp3) is 0.259. The lowest BCUT2D eigenvalue weighted by Gasteiger charge is -2.30. The zero-order chi connectivity index (χ0) is 20.5. The minimum absolute atomic E-state index is 0.516. The molecular formula is C27H33N. The maximum Gasteiger partial charge on any atom is 0.0475 e. The van der Waals surface area contributed by atoms with Crippen molar-refractivity contribution in [1.29, 1.82) is 0 Å². The van der Waals surface area contributed by atoms with Crippen LogP contribution in [0.5, 0.6) is 0 Å². The van der Waals surface area contributed by atoms with Crippen molar-refractivity contribution in [2.24, 2.45) is 5.92 Å². The lowest BCUT2D eigenvalue weighted by molar-refractivity contribution is 0.375. The van der Waals surface area contributed by atoms with Crippen molar-refractivity contribution in [3.63, 3.8) is 0 Å². The highest BCUT2D eigenvalue weighted by molar-refractivity contribution is 5.48. The van der Waals surface area contributed by atoms with E-state index in [-0.39, 0.29) is 0 Å². The summed E-state index contributed by atoms with van der Waals surface area (Å²) in [5.74, 6) is 0.516. The molecule has 2 aromatic rings. The monoisotopic (exact) mass is 371 g/mol. The molecule has 28 heavy (non-hydrogen) atoms. The van der Waals surface area contributed by atoms with Crippen molar-refractivity contribution >= 4 is 6.08 Å². The van der Waals surface area contributed by atoms with Crippen LogP contribution in [-0.4, -0.2) is 4.90 Å². The molecule has 1 heteroatoms. The van der Waals surface area contributed by atoms with Gasteiger partial charge in [0.25, 0.3) is 0 Å². The fourth-order valence-corrected chi connectivity index (χ4v) is 3.36. The average Bonchev–Trinajstić information content (AvgIpc) is 2.67. The van der Waals surface area contributed by atoms with Crippen LogP contribution in [0, 0.1) is 12.8 Å². The van der Waals surface area contributed by atoms with E-state index in [1.54, 1.807) is 0 Å². The van der Waals surface area contributed by atoms with E-state index in [2.05, 4.69) is 93.6 Å². The van der Waals surface area contributed by atoms with Gasteiger partial charge < -0.3 is 4.90 Å². The standard InChI is InChI=1S/C27H33N/c1-7-10-22(4)17-23(5)28(20-26-15-13-21(3)14-16-26)24(6)18-27-12-9-11-25(8-2)19-27/h7-9,11-16,19,22H,1-2,5-6,10,17-18,20H2,3-4H3. The van der Waals surface area contributed by atoms with E-state index >= 15 is 0 Å². The van der Waals surface area contributed by atoms with Gasteiger partial charge in [-0.15, -0.1) is 6.58 Å². The molecule has 1 unspecified atom stereocenters. The third kappa shape index (κ3) is 6.42. The molecule has 0 heterocycles. The molecule has 0 amide bonds. The number of allylic oxidation sites excluding steroid dienone is 3. The number of rotatable bonds is 11. The SMILES string of the molecule is C=CCC(C)CC(=C)N(Cc1ccc(C)cc1)C(=C)Cc1cccc(C=C)c1. The van der Waals surface area contributed by atoms with Gasteiger partial charge in [0.2, 0.25) is 0 Å². The molecule has 0 saturated heterocycles. The van der Waals surface area contributed by atoms with Crippen LogP contribution in [-0.2, 0) is 13.0 Å². The maximum absolute atomic E-state index is 4.41. The second-order valence-electron chi connectivity index (χ2n) is 7.66. The number of aryl methyl sites for hydroxylation is 1. The van der Waals surface area contributed by atoms with Crippen LogP contribution in [0.15, 0.2) is 92.3 Å². The Labute approximate surface area is 171 Å². The van der Waals surface area contributed by atoms with Crippen LogP contribution in [0.3, 0.4) is 0 Å². The Morgan fingerprint density at radius 2 is 1.71 bits per heavy atom. The summed E-state index contributed by atoms with van der Waals surface area (Å²) in [7, 11) is 0. The van der Waals surface area contributed by atoms with E-state index < -0.39 is 0 Å². The summed E-state index contributed by atoms with van der Waals surface area (Å²) in [5, 5.41) is 0. The van der Waals surface area contributed by atoms with Crippen LogP contribution in [0.4, 0.5) is 0 Å². The molecule has 0 N–H and O–H groups in total. The number of hydrogen-bond donors (Lipinski definition) is 0. The highest BCUT2D eigenvalue weighted by atomic mass is 15.1. The van der Waals surface area contributed by atoms with Gasteiger partial charge in [0.15, 0.2) is 0 Å². The molecule has 2 rings (SSSR count). The van der Waals surface area contributed by atoms with Crippen molar-refractivity contribution in [2.75, 3.05) is 0 Å². The predicted octanol–water partition coefficient (Wildman–Crippen LogP) is 7.31. The van der Waals surface area contributed by atoms with Gasteiger partial charge in [-0.05, 0) is 42.4 Å². The first-order valence-corrected chi connectivity index (χ1v) is 9.93. The van der Waals surface area contributed by atoms with Gasteiger partial charge in [-0.1, -0.05) is 92.9 Å². The Morgan fingerprint density at radius 3 is 2.36 bits per heavy atom. The van der Waals surface area contributed by atoms with Crippen molar-refractivity contribution in [3.8, 4) is 0 Å². The van der Waals surface area contributed by atoms with Crippen LogP contribution >= 0.6 is 0 Å². The topological polar surface area (TPSA) is 3.24 Å². The normalized spacial score (nSPS) is 11.5. The lowest BCUT2D eigenvalue weighted by Crippen LogP contribution is -2.23. The third-order valence-corrected chi connectivity index (χ3v) is 4.97. The summed E-state index contributed by atoms with van der Waals surface area (Å²) >= 11 is 0. The number of benzene rings is 2. The van der Waals surface area contributed by atoms with E-state index in [0.29, 0.717) is 5.92 Å². The molecular weight excluding hydrogens is 338 g/mol. The van der Waals surface area contributed by atoms with Crippen LogP contribution in [0.25, 0.3) is 6.08 Å². The fourth-order valence-electron chi connectivity index (χ4n) is 3.36. The minimum Gasteiger partial charge on any atom is -0.345 e. The zero-order valence-electron chi connectivity index (χ0n) is 17.5. The van der Waals surface area contributed by atoms with Gasteiger partial charge >= 0.3 is 0 Å². The quantitative estimate of drug-likeness (QED) is 0.374. The molecule has 2 aromatic carbocycles. The van der Waals surface area contributed by atoms with Crippen molar-refractivity contribution in [1.82, 2.24) is 4.90 Å². The molecule has 0 aliphatic carbocycles. The molecule has 1 atom stereocenters. The van der Waals surface area contributed by atoms with Crippen molar-refractivity contribution in [3.05, 3.63) is 115 Å². The van der Waals surface area contributed by atoms with Crippen molar-refractivity contribution in [2.45, 2.75) is 39.7 Å². The van der Waals surface area contributed by atoms with Gasteiger partial charge in [0, 0.05) is 24.4 Å². The number of hydrogen-bond acceptors (Lipinski definition) is 1. The molecule has 1 nitrogen and oxygen atoms in total. The van der Waals surface area contributed by atoms with Gasteiger partial charge in [-0.2, -0.15) is 0 Å². The Balaban J connectivity index is 2.20. The van der Waals surface area contributed by atoms with E-state index in [9.17, 15) is 0 Å². The molecule has 0 aliphatic rings. The molecule has 0 bridgehead atoms. The summed E-state index contributed by atoms with van der Waals surface area (Å²) in [6, 6.07) is 17.2. The first kappa shape index (κ1) is 21.5. The first-order chi connectivity index (χ1) is 13.4. The Bertz CT molecular complexity index is 826. The van der Waals surface area contributed by atoms with Crippen LogP contribution in [0.1, 0.15) is 42.0 Å². The van der Waals surface area contributed by atoms with E-state index in [0.717, 1.165) is 42.8 Å². The van der Waals surface area contributed by atoms with E-state index in [1.807, 2.05) is 12.2 Å².